The van der Waals surface area contributed by atoms with Crippen molar-refractivity contribution in [2.45, 2.75) is 96.1 Å². The van der Waals surface area contributed by atoms with E-state index in [4.69, 9.17) is 5.73 Å². The van der Waals surface area contributed by atoms with Crippen LogP contribution in [0.3, 0.4) is 0 Å². The van der Waals surface area contributed by atoms with Gasteiger partial charge in [-0.3, -0.25) is 9.69 Å². The molecule has 1 amide bonds. The van der Waals surface area contributed by atoms with Gasteiger partial charge in [-0.2, -0.15) is 0 Å². The van der Waals surface area contributed by atoms with Crippen LogP contribution in [0.4, 0.5) is 0 Å². The van der Waals surface area contributed by atoms with Crippen LogP contribution in [0.5, 0.6) is 0 Å². The molecule has 2 unspecified atom stereocenters. The van der Waals surface area contributed by atoms with E-state index in [9.17, 15) is 4.79 Å². The highest BCUT2D eigenvalue weighted by molar-refractivity contribution is 5.92. The molecule has 4 nitrogen and oxygen atoms in total. The van der Waals surface area contributed by atoms with Crippen molar-refractivity contribution in [3.05, 3.63) is 35.4 Å². The van der Waals surface area contributed by atoms with Gasteiger partial charge in [-0.25, -0.2) is 0 Å². The number of nitrogens with one attached hydrogen (secondary N) is 1. The van der Waals surface area contributed by atoms with Crippen molar-refractivity contribution >= 4 is 5.91 Å². The van der Waals surface area contributed by atoms with Crippen LogP contribution < -0.4 is 11.1 Å². The summed E-state index contributed by atoms with van der Waals surface area (Å²) < 4.78 is 0. The summed E-state index contributed by atoms with van der Waals surface area (Å²) >= 11 is 0. The third-order valence-electron chi connectivity index (χ3n) is 7.63. The zero-order valence-electron chi connectivity index (χ0n) is 19.2. The highest BCUT2D eigenvalue weighted by Crippen LogP contribution is 2.43. The molecule has 1 aromatic carbocycles. The molecule has 1 aromatic rings. The van der Waals surface area contributed by atoms with Gasteiger partial charge < -0.3 is 11.1 Å². The number of benzene rings is 1. The summed E-state index contributed by atoms with van der Waals surface area (Å²) in [4.78, 5) is 14.3. The maximum atomic E-state index is 11.5. The molecular weight excluding hydrogens is 370 g/mol. The van der Waals surface area contributed by atoms with Gasteiger partial charge in [0.1, 0.15) is 0 Å². The predicted molar refractivity (Wildman–Crippen MR) is 126 cm³/mol. The van der Waals surface area contributed by atoms with E-state index in [1.54, 1.807) is 0 Å². The van der Waals surface area contributed by atoms with Gasteiger partial charge in [-0.1, -0.05) is 51.7 Å². The maximum Gasteiger partial charge on any atom is 0.248 e. The molecule has 2 aliphatic heterocycles. The van der Waals surface area contributed by atoms with Crippen LogP contribution in [0.15, 0.2) is 24.3 Å². The molecule has 0 saturated carbocycles. The van der Waals surface area contributed by atoms with E-state index < -0.39 is 0 Å². The molecule has 30 heavy (non-hydrogen) atoms. The van der Waals surface area contributed by atoms with Gasteiger partial charge in [0, 0.05) is 17.6 Å². The van der Waals surface area contributed by atoms with Crippen LogP contribution in [0.2, 0.25) is 0 Å². The Labute approximate surface area is 184 Å². The Hall–Kier alpha value is -1.39. The summed E-state index contributed by atoms with van der Waals surface area (Å²) in [5, 5.41) is 3.64. The number of rotatable bonds is 13. The van der Waals surface area contributed by atoms with Crippen LogP contribution in [0.1, 0.15) is 99.9 Å². The highest BCUT2D eigenvalue weighted by atomic mass is 16.1. The minimum atomic E-state index is -0.317. The maximum absolute atomic E-state index is 11.5. The third-order valence-corrected chi connectivity index (χ3v) is 7.63. The molecule has 4 heteroatoms. The molecule has 168 valence electrons. The molecule has 2 atom stereocenters. The first-order valence-corrected chi connectivity index (χ1v) is 12.5. The lowest BCUT2D eigenvalue weighted by atomic mass is 9.84. The zero-order valence-corrected chi connectivity index (χ0v) is 19.2. The van der Waals surface area contributed by atoms with E-state index in [0.717, 1.165) is 18.0 Å². The number of primary amides is 1. The fourth-order valence-corrected chi connectivity index (χ4v) is 5.64. The molecule has 2 bridgehead atoms. The van der Waals surface area contributed by atoms with E-state index in [1.165, 1.54) is 89.4 Å². The van der Waals surface area contributed by atoms with Crippen molar-refractivity contribution in [2.24, 2.45) is 11.7 Å². The number of unbranched alkanes of at least 4 members (excludes halogenated alkanes) is 3. The zero-order chi connectivity index (χ0) is 21.3. The Morgan fingerprint density at radius 2 is 1.80 bits per heavy atom. The number of hydrogen-bond acceptors (Lipinski definition) is 3. The number of carbonyl (C=O) groups excluding carboxylic acids is 1. The number of amides is 1. The minimum absolute atomic E-state index is 0.317. The van der Waals surface area contributed by atoms with Crippen molar-refractivity contribution in [3.8, 4) is 0 Å². The Balaban J connectivity index is 1.35. The van der Waals surface area contributed by atoms with E-state index in [0.29, 0.717) is 11.5 Å². The number of nitrogens with two attached hydrogens (primary N) is 1. The molecule has 2 fully saturated rings. The Kier molecular flexibility index (Phi) is 9.20. The molecular formula is C26H43N3O. The number of fused-ring (bicyclic) bond motifs is 2. The first-order valence-electron chi connectivity index (χ1n) is 12.5. The Morgan fingerprint density at radius 1 is 1.10 bits per heavy atom. The van der Waals surface area contributed by atoms with Gasteiger partial charge in [-0.05, 0) is 87.7 Å². The van der Waals surface area contributed by atoms with E-state index in [-0.39, 0.29) is 5.91 Å². The van der Waals surface area contributed by atoms with Gasteiger partial charge in [0.05, 0.1) is 0 Å². The van der Waals surface area contributed by atoms with Crippen LogP contribution >= 0.6 is 0 Å². The lowest BCUT2D eigenvalue weighted by molar-refractivity contribution is 0.1000. The van der Waals surface area contributed by atoms with Crippen LogP contribution in [0, 0.1) is 5.92 Å². The lowest BCUT2D eigenvalue weighted by Crippen LogP contribution is -2.42. The van der Waals surface area contributed by atoms with Crippen LogP contribution in [-0.2, 0) is 0 Å². The van der Waals surface area contributed by atoms with E-state index >= 15 is 0 Å². The lowest BCUT2D eigenvalue weighted by Gasteiger charge is -2.39. The van der Waals surface area contributed by atoms with Gasteiger partial charge in [0.25, 0.3) is 0 Å². The summed E-state index contributed by atoms with van der Waals surface area (Å²) in [6.45, 7) is 8.23. The average Bonchev–Trinajstić information content (AvgIpc) is 2.99. The Bertz CT molecular complexity index is 643. The second kappa shape index (κ2) is 11.9. The summed E-state index contributed by atoms with van der Waals surface area (Å²) in [6.07, 6.45) is 13.1. The van der Waals surface area contributed by atoms with Crippen molar-refractivity contribution in [1.82, 2.24) is 10.2 Å². The number of piperidine rings is 1. The van der Waals surface area contributed by atoms with Crippen molar-refractivity contribution in [2.75, 3.05) is 19.6 Å². The number of hydrogen-bond donors (Lipinski definition) is 2. The van der Waals surface area contributed by atoms with Crippen LogP contribution in [0.25, 0.3) is 0 Å². The second-order valence-electron chi connectivity index (χ2n) is 9.58. The molecule has 3 rings (SSSR count). The average molecular weight is 414 g/mol. The SMILES string of the molecule is CCC(CC)CNCCCCCCN1C2CCC1CC(c1cccc(C(N)=O)c1)C2. The first-order chi connectivity index (χ1) is 14.6. The quantitative estimate of drug-likeness (QED) is 0.443. The first kappa shape index (κ1) is 23.3. The predicted octanol–water partition coefficient (Wildman–Crippen LogP) is 5.08. The molecule has 0 radical (unpaired) electrons. The topological polar surface area (TPSA) is 58.4 Å². The standard InChI is InChI=1S/C26H43N3O/c1-3-20(4-2)19-28-14-7-5-6-8-15-29-24-12-13-25(29)18-23(17-24)21-10-9-11-22(16-21)26(27)30/h9-11,16,20,23-25,28H,3-8,12-15,17-19H2,1-2H3,(H2,27,30). The van der Waals surface area contributed by atoms with Crippen LogP contribution in [-0.4, -0.2) is 42.5 Å². The van der Waals surface area contributed by atoms with E-state index in [2.05, 4.69) is 30.1 Å². The molecule has 2 saturated heterocycles. The molecule has 2 heterocycles. The summed E-state index contributed by atoms with van der Waals surface area (Å²) in [5.41, 5.74) is 7.44. The monoisotopic (exact) mass is 413 g/mol. The van der Waals surface area contributed by atoms with Gasteiger partial charge in [0.15, 0.2) is 0 Å². The van der Waals surface area contributed by atoms with E-state index in [1.807, 2.05) is 18.2 Å². The van der Waals surface area contributed by atoms with Crippen molar-refractivity contribution in [3.63, 3.8) is 0 Å². The number of carbonyl (C=O) groups is 1. The highest BCUT2D eigenvalue weighted by Gasteiger charge is 2.40. The smallest absolute Gasteiger partial charge is 0.248 e. The largest absolute Gasteiger partial charge is 0.366 e. The summed E-state index contributed by atoms with van der Waals surface area (Å²) in [6, 6.07) is 9.49. The van der Waals surface area contributed by atoms with Crippen molar-refractivity contribution in [1.29, 1.82) is 0 Å². The molecule has 0 aromatic heterocycles. The molecule has 0 spiro atoms. The summed E-state index contributed by atoms with van der Waals surface area (Å²) in [5.74, 6) is 1.11. The van der Waals surface area contributed by atoms with Gasteiger partial charge in [0.2, 0.25) is 5.91 Å². The normalized spacial score (nSPS) is 23.9. The Morgan fingerprint density at radius 3 is 2.47 bits per heavy atom. The second-order valence-corrected chi connectivity index (χ2v) is 9.58. The molecule has 0 aliphatic carbocycles. The molecule has 3 N–H and O–H groups in total. The number of nitrogens with zero attached hydrogens (tertiary/aromatic N) is 1. The van der Waals surface area contributed by atoms with Gasteiger partial charge in [-0.15, -0.1) is 0 Å². The molecule has 2 aliphatic rings. The fraction of sp³-hybridized carbons (Fsp3) is 0.731. The summed E-state index contributed by atoms with van der Waals surface area (Å²) in [7, 11) is 0. The fourth-order valence-electron chi connectivity index (χ4n) is 5.64. The van der Waals surface area contributed by atoms with Crippen molar-refractivity contribution < 1.29 is 4.79 Å². The third kappa shape index (κ3) is 6.31. The van der Waals surface area contributed by atoms with Gasteiger partial charge >= 0.3 is 0 Å². The minimum Gasteiger partial charge on any atom is -0.366 e.